The number of hydrogen-bond acceptors (Lipinski definition) is 1. The predicted octanol–water partition coefficient (Wildman–Crippen LogP) is 3.91. The van der Waals surface area contributed by atoms with E-state index in [0.29, 0.717) is 5.92 Å². The van der Waals surface area contributed by atoms with Crippen LogP contribution in [0.4, 0.5) is 0 Å². The molecular formula is C29H26Co4O13Si. The maximum atomic E-state index is 7.50. The van der Waals surface area contributed by atoms with Crippen LogP contribution in [-0.4, -0.2) is 14.9 Å². The molecule has 0 spiro atoms. The quantitative estimate of drug-likeness (QED) is 0.174. The van der Waals surface area contributed by atoms with Crippen molar-refractivity contribution in [3.8, 4) is 23.7 Å². The summed E-state index contributed by atoms with van der Waals surface area (Å²) in [5.74, 6) is 12.9. The molecule has 4 radical (unpaired) electrons. The van der Waals surface area contributed by atoms with Crippen LogP contribution in [0, 0.1) is 109 Å². The third-order valence-electron chi connectivity index (χ3n) is 4.01. The summed E-state index contributed by atoms with van der Waals surface area (Å²) in [6.45, 7) is 66.3. The average Bonchev–Trinajstić information content (AvgIpc) is 3.13. The van der Waals surface area contributed by atoms with Crippen molar-refractivity contribution in [2.24, 2.45) is 5.92 Å². The smallest absolute Gasteiger partial charge is 0 e. The minimum absolute atomic E-state index is 0. The molecule has 0 fully saturated rings. The van der Waals surface area contributed by atoms with Crippen LogP contribution in [0.15, 0.2) is 12.2 Å². The van der Waals surface area contributed by atoms with Crippen LogP contribution in [0.1, 0.15) is 40.0 Å². The van der Waals surface area contributed by atoms with Gasteiger partial charge in [0.2, 0.25) is 0 Å². The van der Waals surface area contributed by atoms with E-state index in [9.17, 15) is 0 Å². The Balaban J connectivity index is -0.0000000209. The van der Waals surface area contributed by atoms with E-state index in [4.69, 9.17) is 60.3 Å². The first-order valence-corrected chi connectivity index (χ1v) is 12.4. The molecule has 0 saturated heterocycles. The zero-order chi connectivity index (χ0) is 38.4. The molecule has 1 unspecified atom stereocenters. The summed E-state index contributed by atoms with van der Waals surface area (Å²) >= 11 is 0. The summed E-state index contributed by atoms with van der Waals surface area (Å²) < 4.78 is 96.3. The van der Waals surface area contributed by atoms with Gasteiger partial charge in [0.15, 0.2) is 8.32 Å². The Morgan fingerprint density at radius 3 is 1.06 bits per heavy atom. The predicted molar refractivity (Wildman–Crippen MR) is 132 cm³/mol. The van der Waals surface area contributed by atoms with Crippen LogP contribution < -0.4 is 0 Å². The van der Waals surface area contributed by atoms with E-state index in [2.05, 4.69) is 137 Å². The molecule has 1 aliphatic rings. The molecule has 13 nitrogen and oxygen atoms in total. The summed E-state index contributed by atoms with van der Waals surface area (Å²) in [7, 11) is -1.64. The summed E-state index contributed by atoms with van der Waals surface area (Å²) in [5.41, 5.74) is 0. The van der Waals surface area contributed by atoms with Crippen molar-refractivity contribution in [1.29, 1.82) is 0 Å². The molecule has 1 rings (SSSR count). The molecule has 1 atom stereocenters. The minimum atomic E-state index is -1.64. The monoisotopic (exact) mass is 846 g/mol. The molecule has 0 amide bonds. The van der Waals surface area contributed by atoms with Crippen molar-refractivity contribution >= 4 is 8.32 Å². The van der Waals surface area contributed by atoms with E-state index in [1.54, 1.807) is 0 Å². The number of rotatable bonds is 3. The first-order valence-electron chi connectivity index (χ1n) is 9.53. The van der Waals surface area contributed by atoms with E-state index >= 15 is 0 Å². The first kappa shape index (κ1) is 104. The van der Waals surface area contributed by atoms with Gasteiger partial charge in [-0.3, -0.25) is 0 Å². The van der Waals surface area contributed by atoms with Crippen molar-refractivity contribution in [3.05, 3.63) is 92.0 Å². The molecule has 0 bridgehead atoms. The van der Waals surface area contributed by atoms with Gasteiger partial charge in [-0.1, -0.05) is 44.5 Å². The summed E-state index contributed by atoms with van der Waals surface area (Å²) in [4.78, 5) is 0. The second-order valence-corrected chi connectivity index (χ2v) is 11.5. The fraction of sp³-hybridized carbons (Fsp3) is 0.379. The number of hydrogen-bond donors (Lipinski definition) is 0. The van der Waals surface area contributed by atoms with Crippen LogP contribution in [0.5, 0.6) is 0 Å². The maximum Gasteiger partial charge on any atom is 0 e. The van der Waals surface area contributed by atoms with Gasteiger partial charge in [-0.05, 0) is 42.6 Å². The Morgan fingerprint density at radius 1 is 0.553 bits per heavy atom. The molecule has 0 aromatic rings. The van der Waals surface area contributed by atoms with E-state index in [-0.39, 0.29) is 72.2 Å². The fourth-order valence-electron chi connectivity index (χ4n) is 1.54. The van der Waals surface area contributed by atoms with Crippen molar-refractivity contribution < 1.29 is 127 Å². The molecule has 0 aliphatic heterocycles. The van der Waals surface area contributed by atoms with E-state index in [1.165, 1.54) is 0 Å². The Kier molecular flexibility index (Phi) is 312. The zero-order valence-electron chi connectivity index (χ0n) is 25.2. The average molecular weight is 846 g/mol. The van der Waals surface area contributed by atoms with Gasteiger partial charge in [0.1, 0.15) is 0 Å². The molecule has 47 heavy (non-hydrogen) atoms. The van der Waals surface area contributed by atoms with Gasteiger partial charge in [0, 0.05) is 86.6 Å². The summed E-state index contributed by atoms with van der Waals surface area (Å²) in [5, 5.41) is 0.275. The molecule has 18 heteroatoms. The van der Waals surface area contributed by atoms with Crippen molar-refractivity contribution in [2.45, 2.75) is 58.2 Å². The SMILES string of the molecule is CC(C)(C)[Si](C)(C)OCC1CC#C/C=C\C#CCC1.[C-]#[O+].[C-]#[O+].[C-]#[O+].[C-]#[O+].[C-]#[O+].[C-]#[O+].[C-]#[O+].[C-]#[O+].[C-]#[O+].[C-]#[O+].[C-]#[O+].[C-]#[O+].[Co].[Co].[Co].[Co]. The van der Waals surface area contributed by atoms with Crippen LogP contribution >= 0.6 is 0 Å². The maximum absolute atomic E-state index is 7.50. The zero-order valence-corrected chi connectivity index (χ0v) is 30.4. The third kappa shape index (κ3) is 124. The standard InChI is InChI=1S/C17H26OSi.12CO.4Co/c1-17(2,3)19(4,5)18-15-16-13-11-9-7-6-8-10-12-14-16;12*1-2;;;;/h6-7,16H,12-15H2,1-5H3;;;;;;;;;;;;;;;;/b7-6-;;;;;;;;;;;;;;;;. The van der Waals surface area contributed by atoms with Gasteiger partial charge in [-0.15, -0.1) is 0 Å². The molecule has 0 heterocycles. The Morgan fingerprint density at radius 2 is 0.809 bits per heavy atom. The van der Waals surface area contributed by atoms with Crippen molar-refractivity contribution in [2.75, 3.05) is 6.61 Å². The van der Waals surface area contributed by atoms with Gasteiger partial charge in [0.25, 0.3) is 0 Å². The van der Waals surface area contributed by atoms with Crippen molar-refractivity contribution in [1.82, 2.24) is 0 Å². The second kappa shape index (κ2) is 141. The molecule has 260 valence electrons. The fourth-order valence-corrected chi connectivity index (χ4v) is 2.63. The molecule has 0 N–H and O–H groups in total. The number of allylic oxidation sites excluding steroid dienone is 2. The van der Waals surface area contributed by atoms with E-state index in [0.717, 1.165) is 25.9 Å². The normalized spacial score (nSPS) is 9.26. The Labute approximate surface area is 320 Å². The van der Waals surface area contributed by atoms with Crippen LogP contribution in [0.3, 0.4) is 0 Å². The van der Waals surface area contributed by atoms with Gasteiger partial charge >= 0.3 is 136 Å². The molecule has 0 aromatic carbocycles. The minimum Gasteiger partial charge on any atom is 0 e. The van der Waals surface area contributed by atoms with Crippen LogP contribution in [0.25, 0.3) is 0 Å². The topological polar surface area (TPSA) is 248 Å². The van der Waals surface area contributed by atoms with Gasteiger partial charge < -0.3 is 4.43 Å². The van der Waals surface area contributed by atoms with Crippen LogP contribution in [-0.2, 0) is 127 Å². The third-order valence-corrected chi connectivity index (χ3v) is 8.51. The molecule has 0 saturated carbocycles. The molecule has 1 aliphatic carbocycles. The van der Waals surface area contributed by atoms with Gasteiger partial charge in [0.05, 0.1) is 0 Å². The van der Waals surface area contributed by atoms with Gasteiger partial charge in [-0.25, -0.2) is 0 Å². The first-order chi connectivity index (χ1) is 20.8. The summed E-state index contributed by atoms with van der Waals surface area (Å²) in [6, 6.07) is 0. The van der Waals surface area contributed by atoms with Crippen LogP contribution in [0.2, 0.25) is 18.1 Å². The van der Waals surface area contributed by atoms with Crippen molar-refractivity contribution in [3.63, 3.8) is 0 Å². The van der Waals surface area contributed by atoms with E-state index < -0.39 is 8.32 Å². The second-order valence-electron chi connectivity index (χ2n) is 6.66. The summed E-state index contributed by atoms with van der Waals surface area (Å²) in [6.07, 6.45) is 6.62. The molecule has 0 aromatic heterocycles. The van der Waals surface area contributed by atoms with Gasteiger partial charge in [-0.2, -0.15) is 0 Å². The Bertz CT molecular complexity index is 828. The molecular weight excluding hydrogens is 820 g/mol. The largest absolute Gasteiger partial charge is 0 e. The van der Waals surface area contributed by atoms with E-state index in [1.807, 2.05) is 12.2 Å². The Hall–Kier alpha value is -2.06.